The molecule has 7 nitrogen and oxygen atoms in total. The minimum Gasteiger partial charge on any atom is -0.348 e. The number of fused-ring (bicyclic) bond motifs is 1. The number of carbonyl (C=O) groups is 1. The van der Waals surface area contributed by atoms with Gasteiger partial charge < -0.3 is 5.32 Å². The van der Waals surface area contributed by atoms with E-state index < -0.39 is 0 Å². The lowest BCUT2D eigenvalue weighted by atomic mass is 10.1. The molecule has 1 fully saturated rings. The quantitative estimate of drug-likeness (QED) is 0.753. The number of carbonyl (C=O) groups excluding carboxylic acids is 1. The molecular formula is C20H23N5O2. The number of hydrogen-bond donors (Lipinski definition) is 1. The molecular weight excluding hydrogens is 342 g/mol. The van der Waals surface area contributed by atoms with Crippen LogP contribution >= 0.6 is 0 Å². The maximum atomic E-state index is 12.7. The van der Waals surface area contributed by atoms with Gasteiger partial charge in [-0.1, -0.05) is 29.8 Å². The van der Waals surface area contributed by atoms with E-state index in [-0.39, 0.29) is 24.1 Å². The number of rotatable bonds is 5. The van der Waals surface area contributed by atoms with Gasteiger partial charge in [0, 0.05) is 0 Å². The molecule has 7 heteroatoms. The molecule has 2 aromatic heterocycles. The van der Waals surface area contributed by atoms with Crippen molar-refractivity contribution in [3.8, 4) is 0 Å². The number of hydrogen-bond acceptors (Lipinski definition) is 4. The van der Waals surface area contributed by atoms with Crippen LogP contribution in [0.25, 0.3) is 10.9 Å². The number of benzene rings is 1. The lowest BCUT2D eigenvalue weighted by Crippen LogP contribution is -2.35. The second kappa shape index (κ2) is 6.64. The van der Waals surface area contributed by atoms with Crippen LogP contribution in [0.15, 0.2) is 35.3 Å². The molecule has 4 rings (SSSR count). The normalized spacial score (nSPS) is 15.1. The van der Waals surface area contributed by atoms with Crippen molar-refractivity contribution in [1.29, 1.82) is 0 Å². The molecule has 0 bridgehead atoms. The SMILES string of the molecule is Cc1ccc([C@H](C)NC(=O)Cn2nc(C)c3c(cnn3C3CC3)c2=O)cc1. The first-order valence-electron chi connectivity index (χ1n) is 9.25. The summed E-state index contributed by atoms with van der Waals surface area (Å²) < 4.78 is 3.12. The Morgan fingerprint density at radius 2 is 1.96 bits per heavy atom. The summed E-state index contributed by atoms with van der Waals surface area (Å²) in [5.41, 5.74) is 3.41. The molecule has 0 unspecified atom stereocenters. The van der Waals surface area contributed by atoms with Crippen molar-refractivity contribution in [3.05, 3.63) is 57.6 Å². The zero-order valence-electron chi connectivity index (χ0n) is 15.8. The second-order valence-corrected chi connectivity index (χ2v) is 7.33. The first kappa shape index (κ1) is 17.5. The highest BCUT2D eigenvalue weighted by atomic mass is 16.2. The van der Waals surface area contributed by atoms with E-state index in [2.05, 4.69) is 15.5 Å². The molecule has 27 heavy (non-hydrogen) atoms. The Bertz CT molecular complexity index is 1060. The summed E-state index contributed by atoms with van der Waals surface area (Å²) in [5.74, 6) is -0.244. The molecule has 140 valence electrons. The fourth-order valence-corrected chi connectivity index (χ4v) is 3.36. The van der Waals surface area contributed by atoms with Crippen LogP contribution in [-0.4, -0.2) is 25.5 Å². The highest BCUT2D eigenvalue weighted by molar-refractivity contribution is 5.80. The van der Waals surface area contributed by atoms with Gasteiger partial charge in [-0.05, 0) is 39.2 Å². The average Bonchev–Trinajstić information content (AvgIpc) is 3.37. The van der Waals surface area contributed by atoms with Crippen LogP contribution in [0.5, 0.6) is 0 Å². The molecule has 0 aliphatic heterocycles. The molecule has 1 aliphatic carbocycles. The lowest BCUT2D eigenvalue weighted by molar-refractivity contribution is -0.122. The average molecular weight is 365 g/mol. The summed E-state index contributed by atoms with van der Waals surface area (Å²) >= 11 is 0. The summed E-state index contributed by atoms with van der Waals surface area (Å²) in [7, 11) is 0. The Hall–Kier alpha value is -2.96. The van der Waals surface area contributed by atoms with Crippen molar-refractivity contribution < 1.29 is 4.79 Å². The summed E-state index contributed by atoms with van der Waals surface area (Å²) in [6.45, 7) is 5.69. The number of amides is 1. The van der Waals surface area contributed by atoms with Crippen LogP contribution < -0.4 is 10.9 Å². The maximum absolute atomic E-state index is 12.7. The highest BCUT2D eigenvalue weighted by Gasteiger charge is 2.28. The third-order valence-electron chi connectivity index (χ3n) is 5.01. The van der Waals surface area contributed by atoms with E-state index >= 15 is 0 Å². The smallest absolute Gasteiger partial charge is 0.278 e. The molecule has 1 aromatic carbocycles. The van der Waals surface area contributed by atoms with Crippen molar-refractivity contribution in [2.24, 2.45) is 0 Å². The minimum absolute atomic E-state index is 0.111. The monoisotopic (exact) mass is 365 g/mol. The standard InChI is InChI=1S/C20H23N5O2/c1-12-4-6-15(7-5-12)13(2)22-18(26)11-24-20(27)17-10-21-25(16-8-9-16)19(17)14(3)23-24/h4-7,10,13,16H,8-9,11H2,1-3H3,(H,22,26)/t13-/m0/s1. The van der Waals surface area contributed by atoms with E-state index in [0.717, 1.165) is 23.9 Å². The van der Waals surface area contributed by atoms with E-state index in [1.807, 2.05) is 49.7 Å². The zero-order valence-corrected chi connectivity index (χ0v) is 15.8. The predicted molar refractivity (Wildman–Crippen MR) is 103 cm³/mol. The van der Waals surface area contributed by atoms with E-state index in [9.17, 15) is 9.59 Å². The topological polar surface area (TPSA) is 81.8 Å². The van der Waals surface area contributed by atoms with Gasteiger partial charge >= 0.3 is 0 Å². The van der Waals surface area contributed by atoms with Crippen molar-refractivity contribution in [2.75, 3.05) is 0 Å². The van der Waals surface area contributed by atoms with Crippen molar-refractivity contribution in [1.82, 2.24) is 24.9 Å². The predicted octanol–water partition coefficient (Wildman–Crippen LogP) is 2.42. The first-order chi connectivity index (χ1) is 12.9. The fourth-order valence-electron chi connectivity index (χ4n) is 3.36. The molecule has 0 radical (unpaired) electrons. The Balaban J connectivity index is 1.54. The second-order valence-electron chi connectivity index (χ2n) is 7.33. The van der Waals surface area contributed by atoms with Crippen LogP contribution in [0.1, 0.15) is 48.7 Å². The molecule has 0 saturated heterocycles. The van der Waals surface area contributed by atoms with Gasteiger partial charge in [-0.3, -0.25) is 14.3 Å². The Morgan fingerprint density at radius 1 is 1.26 bits per heavy atom. The van der Waals surface area contributed by atoms with Crippen molar-refractivity contribution >= 4 is 16.8 Å². The summed E-state index contributed by atoms with van der Waals surface area (Å²) in [6.07, 6.45) is 3.76. The van der Waals surface area contributed by atoms with Crippen LogP contribution in [-0.2, 0) is 11.3 Å². The summed E-state index contributed by atoms with van der Waals surface area (Å²) in [6, 6.07) is 8.24. The van der Waals surface area contributed by atoms with Crippen LogP contribution in [0.3, 0.4) is 0 Å². The van der Waals surface area contributed by atoms with Gasteiger partial charge in [-0.2, -0.15) is 10.2 Å². The fraction of sp³-hybridized carbons (Fsp3) is 0.400. The lowest BCUT2D eigenvalue weighted by Gasteiger charge is -2.15. The molecule has 1 amide bonds. The third kappa shape index (κ3) is 3.37. The minimum atomic E-state index is -0.277. The highest BCUT2D eigenvalue weighted by Crippen LogP contribution is 2.36. The van der Waals surface area contributed by atoms with E-state index in [1.54, 1.807) is 6.20 Å². The number of nitrogens with one attached hydrogen (secondary N) is 1. The number of aryl methyl sites for hydroxylation is 2. The molecule has 1 aliphatic rings. The first-order valence-corrected chi connectivity index (χ1v) is 9.25. The molecule has 2 heterocycles. The van der Waals surface area contributed by atoms with Gasteiger partial charge in [0.15, 0.2) is 0 Å². The van der Waals surface area contributed by atoms with Gasteiger partial charge in [0.2, 0.25) is 5.91 Å². The van der Waals surface area contributed by atoms with Crippen molar-refractivity contribution in [2.45, 2.75) is 52.2 Å². The van der Waals surface area contributed by atoms with Gasteiger partial charge in [0.25, 0.3) is 5.56 Å². The van der Waals surface area contributed by atoms with Gasteiger partial charge in [0.1, 0.15) is 6.54 Å². The van der Waals surface area contributed by atoms with E-state index in [0.29, 0.717) is 17.1 Å². The third-order valence-corrected chi connectivity index (χ3v) is 5.01. The van der Waals surface area contributed by atoms with Gasteiger partial charge in [-0.25, -0.2) is 4.68 Å². The molecule has 3 aromatic rings. The molecule has 1 saturated carbocycles. The van der Waals surface area contributed by atoms with Crippen LogP contribution in [0.4, 0.5) is 0 Å². The van der Waals surface area contributed by atoms with E-state index in [1.165, 1.54) is 10.2 Å². The largest absolute Gasteiger partial charge is 0.348 e. The summed E-state index contributed by atoms with van der Waals surface area (Å²) in [5, 5.41) is 12.2. The zero-order chi connectivity index (χ0) is 19.1. The van der Waals surface area contributed by atoms with Crippen LogP contribution in [0, 0.1) is 13.8 Å². The summed E-state index contributed by atoms with van der Waals surface area (Å²) in [4.78, 5) is 25.2. The number of aromatic nitrogens is 4. The Labute approximate surface area is 157 Å². The number of nitrogens with zero attached hydrogens (tertiary/aromatic N) is 4. The van der Waals surface area contributed by atoms with Crippen molar-refractivity contribution in [3.63, 3.8) is 0 Å². The van der Waals surface area contributed by atoms with Gasteiger partial charge in [-0.15, -0.1) is 0 Å². The van der Waals surface area contributed by atoms with Crippen LogP contribution in [0.2, 0.25) is 0 Å². The molecule has 0 spiro atoms. The molecule has 1 N–H and O–H groups in total. The Morgan fingerprint density at radius 3 is 2.63 bits per heavy atom. The van der Waals surface area contributed by atoms with E-state index in [4.69, 9.17) is 0 Å². The van der Waals surface area contributed by atoms with Gasteiger partial charge in [0.05, 0.1) is 34.9 Å². The molecule has 1 atom stereocenters. The Kier molecular flexibility index (Phi) is 4.30. The maximum Gasteiger partial charge on any atom is 0.278 e.